The van der Waals surface area contributed by atoms with Crippen LogP contribution in [-0.2, 0) is 24.2 Å². The molecule has 1 aliphatic carbocycles. The Morgan fingerprint density at radius 1 is 1.10 bits per heavy atom. The van der Waals surface area contributed by atoms with Crippen LogP contribution in [0.25, 0.3) is 22.4 Å². The number of fused-ring (bicyclic) bond motifs is 3. The van der Waals surface area contributed by atoms with Crippen molar-refractivity contribution in [1.82, 2.24) is 4.98 Å². The minimum Gasteiger partial charge on any atom is -0.380 e. The molecule has 2 nitrogen and oxygen atoms in total. The van der Waals surface area contributed by atoms with Gasteiger partial charge >= 0.3 is 0 Å². The van der Waals surface area contributed by atoms with Gasteiger partial charge in [-0.25, -0.2) is 4.39 Å². The standard InChI is InChI=1S/C25H27BFNO/c1-15(2)24-22(14-29-3)23(17-8-11-19(27)12-9-17)20-6-4-5-16-7-10-18(26)13-21(16)25(20)28-24/h7-13,15H,4-6,14,26H2,1-3H3. The van der Waals surface area contributed by atoms with E-state index in [-0.39, 0.29) is 11.7 Å². The van der Waals surface area contributed by atoms with Crippen LogP contribution < -0.4 is 5.46 Å². The Morgan fingerprint density at radius 3 is 2.55 bits per heavy atom. The third-order valence-electron chi connectivity index (χ3n) is 5.79. The number of pyridine rings is 1. The van der Waals surface area contributed by atoms with Crippen molar-refractivity contribution in [3.8, 4) is 22.4 Å². The van der Waals surface area contributed by atoms with Gasteiger partial charge in [0.25, 0.3) is 0 Å². The molecule has 0 fully saturated rings. The number of aromatic nitrogens is 1. The van der Waals surface area contributed by atoms with Gasteiger partial charge in [0.2, 0.25) is 0 Å². The highest BCUT2D eigenvalue weighted by Crippen LogP contribution is 2.41. The number of hydrogen-bond acceptors (Lipinski definition) is 2. The molecule has 4 heteroatoms. The molecule has 0 aliphatic heterocycles. The molecular weight excluding hydrogens is 360 g/mol. The summed E-state index contributed by atoms with van der Waals surface area (Å²) in [4.78, 5) is 5.22. The second-order valence-electron chi connectivity index (χ2n) is 8.29. The molecule has 3 aromatic rings. The molecule has 0 saturated heterocycles. The Balaban J connectivity index is 2.09. The maximum atomic E-state index is 13.7. The van der Waals surface area contributed by atoms with Crippen LogP contribution in [0.2, 0.25) is 0 Å². The first-order chi connectivity index (χ1) is 14.0. The van der Waals surface area contributed by atoms with Crippen molar-refractivity contribution in [2.75, 3.05) is 7.11 Å². The summed E-state index contributed by atoms with van der Waals surface area (Å²) in [5, 5.41) is 0. The van der Waals surface area contributed by atoms with Gasteiger partial charge in [0.1, 0.15) is 13.7 Å². The van der Waals surface area contributed by atoms with Crippen molar-refractivity contribution < 1.29 is 9.13 Å². The lowest BCUT2D eigenvalue weighted by atomic mass is 9.86. The van der Waals surface area contributed by atoms with Crippen LogP contribution in [0.4, 0.5) is 4.39 Å². The van der Waals surface area contributed by atoms with Gasteiger partial charge in [-0.2, -0.15) is 0 Å². The van der Waals surface area contributed by atoms with Crippen molar-refractivity contribution >= 4 is 13.3 Å². The molecule has 0 amide bonds. The molecule has 0 N–H and O–H groups in total. The van der Waals surface area contributed by atoms with E-state index < -0.39 is 0 Å². The Hall–Kier alpha value is -2.46. The molecule has 4 rings (SSSR count). The predicted molar refractivity (Wildman–Crippen MR) is 120 cm³/mol. The lowest BCUT2D eigenvalue weighted by Gasteiger charge is -2.23. The molecule has 1 heterocycles. The zero-order valence-corrected chi connectivity index (χ0v) is 17.7. The summed E-state index contributed by atoms with van der Waals surface area (Å²) in [5.74, 6) is 0.0494. The van der Waals surface area contributed by atoms with Gasteiger partial charge in [0.05, 0.1) is 12.3 Å². The van der Waals surface area contributed by atoms with Gasteiger partial charge in [-0.3, -0.25) is 4.98 Å². The molecular formula is C25H27BFNO. The minimum atomic E-state index is -0.216. The molecule has 0 atom stereocenters. The maximum absolute atomic E-state index is 13.7. The fraction of sp³-hybridized carbons (Fsp3) is 0.320. The van der Waals surface area contributed by atoms with E-state index in [0.29, 0.717) is 6.61 Å². The zero-order valence-electron chi connectivity index (χ0n) is 17.7. The van der Waals surface area contributed by atoms with Gasteiger partial charge in [-0.15, -0.1) is 0 Å². The van der Waals surface area contributed by atoms with E-state index in [2.05, 4.69) is 39.9 Å². The number of benzene rings is 2. The van der Waals surface area contributed by atoms with Crippen LogP contribution in [0.3, 0.4) is 0 Å². The fourth-order valence-electron chi connectivity index (χ4n) is 4.47. The Kier molecular flexibility index (Phi) is 5.55. The summed E-state index contributed by atoms with van der Waals surface area (Å²) in [7, 11) is 3.86. The number of hydrogen-bond donors (Lipinski definition) is 0. The second-order valence-corrected chi connectivity index (χ2v) is 8.29. The SMILES string of the molecule is Bc1ccc2c(c1)-c1nc(C(C)C)c(COC)c(-c3ccc(F)cc3)c1CCC2. The summed E-state index contributed by atoms with van der Waals surface area (Å²) in [6, 6.07) is 13.6. The summed E-state index contributed by atoms with van der Waals surface area (Å²) in [5.41, 5.74) is 10.6. The van der Waals surface area contributed by atoms with E-state index in [4.69, 9.17) is 9.72 Å². The molecule has 0 unspecified atom stereocenters. The lowest BCUT2D eigenvalue weighted by molar-refractivity contribution is 0.184. The van der Waals surface area contributed by atoms with Crippen molar-refractivity contribution in [3.63, 3.8) is 0 Å². The number of ether oxygens (including phenoxy) is 1. The smallest absolute Gasteiger partial charge is 0.139 e. The van der Waals surface area contributed by atoms with E-state index in [1.807, 2.05) is 12.1 Å². The van der Waals surface area contributed by atoms with Crippen LogP contribution in [0.5, 0.6) is 0 Å². The van der Waals surface area contributed by atoms with E-state index >= 15 is 0 Å². The van der Waals surface area contributed by atoms with Crippen molar-refractivity contribution in [1.29, 1.82) is 0 Å². The average molecular weight is 387 g/mol. The number of halogens is 1. The predicted octanol–water partition coefficient (Wildman–Crippen LogP) is 4.57. The highest BCUT2D eigenvalue weighted by atomic mass is 19.1. The third-order valence-corrected chi connectivity index (χ3v) is 5.79. The first-order valence-electron chi connectivity index (χ1n) is 10.4. The monoisotopic (exact) mass is 387 g/mol. The fourth-order valence-corrected chi connectivity index (χ4v) is 4.47. The van der Waals surface area contributed by atoms with Gasteiger partial charge < -0.3 is 4.74 Å². The molecule has 2 aromatic carbocycles. The second kappa shape index (κ2) is 8.12. The Bertz CT molecular complexity index is 1040. The number of nitrogens with zero attached hydrogens (tertiary/aromatic N) is 1. The largest absolute Gasteiger partial charge is 0.380 e. The summed E-state index contributed by atoms with van der Waals surface area (Å²) in [6.07, 6.45) is 3.08. The van der Waals surface area contributed by atoms with Crippen LogP contribution in [0, 0.1) is 5.82 Å². The van der Waals surface area contributed by atoms with Crippen LogP contribution in [0.1, 0.15) is 48.6 Å². The summed E-state index contributed by atoms with van der Waals surface area (Å²) < 4.78 is 19.3. The molecule has 1 aromatic heterocycles. The van der Waals surface area contributed by atoms with Crippen molar-refractivity contribution in [3.05, 3.63) is 70.7 Å². The summed E-state index contributed by atoms with van der Waals surface area (Å²) >= 11 is 0. The third kappa shape index (κ3) is 3.74. The molecule has 0 saturated carbocycles. The van der Waals surface area contributed by atoms with Gasteiger partial charge in [0, 0.05) is 23.9 Å². The molecule has 0 radical (unpaired) electrons. The quantitative estimate of drug-likeness (QED) is 0.612. The van der Waals surface area contributed by atoms with Gasteiger partial charge in [0.15, 0.2) is 0 Å². The normalized spacial score (nSPS) is 13.1. The average Bonchev–Trinajstić information content (AvgIpc) is 2.87. The van der Waals surface area contributed by atoms with Gasteiger partial charge in [-0.05, 0) is 59.6 Å². The molecule has 29 heavy (non-hydrogen) atoms. The highest BCUT2D eigenvalue weighted by molar-refractivity contribution is 6.32. The maximum Gasteiger partial charge on any atom is 0.139 e. The Morgan fingerprint density at radius 2 is 1.86 bits per heavy atom. The van der Waals surface area contributed by atoms with E-state index in [1.165, 1.54) is 27.7 Å². The first-order valence-corrected chi connectivity index (χ1v) is 10.4. The molecule has 1 aliphatic rings. The molecule has 0 spiro atoms. The zero-order chi connectivity index (χ0) is 20.5. The summed E-state index contributed by atoms with van der Waals surface area (Å²) in [6.45, 7) is 4.85. The molecule has 0 bridgehead atoms. The number of methoxy groups -OCH3 is 1. The Labute approximate surface area is 173 Å². The van der Waals surface area contributed by atoms with E-state index in [1.54, 1.807) is 19.2 Å². The highest BCUT2D eigenvalue weighted by Gasteiger charge is 2.25. The lowest BCUT2D eigenvalue weighted by Crippen LogP contribution is -2.11. The first kappa shape index (κ1) is 19.8. The van der Waals surface area contributed by atoms with Crippen LogP contribution in [-0.4, -0.2) is 19.9 Å². The number of rotatable bonds is 4. The van der Waals surface area contributed by atoms with Crippen LogP contribution >= 0.6 is 0 Å². The van der Waals surface area contributed by atoms with Crippen molar-refractivity contribution in [2.24, 2.45) is 0 Å². The number of aryl methyl sites for hydroxylation is 1. The van der Waals surface area contributed by atoms with Crippen LogP contribution in [0.15, 0.2) is 42.5 Å². The van der Waals surface area contributed by atoms with Gasteiger partial charge in [-0.1, -0.05) is 49.6 Å². The van der Waals surface area contributed by atoms with Crippen molar-refractivity contribution in [2.45, 2.75) is 45.6 Å². The van der Waals surface area contributed by atoms with E-state index in [0.717, 1.165) is 41.8 Å². The molecule has 148 valence electrons. The van der Waals surface area contributed by atoms with E-state index in [9.17, 15) is 4.39 Å². The topological polar surface area (TPSA) is 22.1 Å². The minimum absolute atomic E-state index is 0.216.